The molecule has 0 N–H and O–H groups in total. The van der Waals surface area contributed by atoms with Gasteiger partial charge in [-0.05, 0) is 44.0 Å². The molecule has 0 amide bonds. The normalized spacial score (nSPS) is 10.5. The van der Waals surface area contributed by atoms with Gasteiger partial charge in [0, 0.05) is 4.47 Å². The van der Waals surface area contributed by atoms with Crippen molar-refractivity contribution in [3.05, 3.63) is 27.4 Å². The monoisotopic (exact) mass is 316 g/mol. The van der Waals surface area contributed by atoms with Crippen molar-refractivity contribution in [3.63, 3.8) is 0 Å². The second-order valence-corrected chi connectivity index (χ2v) is 4.20. The van der Waals surface area contributed by atoms with Crippen LogP contribution in [0.3, 0.4) is 0 Å². The molecule has 1 aromatic heterocycles. The van der Waals surface area contributed by atoms with E-state index in [1.165, 1.54) is 0 Å². The Kier molecular flexibility index (Phi) is 2.69. The molecule has 0 saturated carbocycles. The maximum atomic E-state index is 5.18. The van der Waals surface area contributed by atoms with Gasteiger partial charge in [-0.15, -0.1) is 0 Å². The van der Waals surface area contributed by atoms with Crippen LogP contribution in [0, 0.1) is 0 Å². The molecule has 0 fully saturated rings. The first kappa shape index (κ1) is 9.86. The SMILES string of the molecule is COc1nc(Br)nc2cccc(Br)c12. The summed E-state index contributed by atoms with van der Waals surface area (Å²) < 4.78 is 6.64. The Labute approximate surface area is 97.8 Å². The minimum absolute atomic E-state index is 0.528. The maximum absolute atomic E-state index is 5.18. The van der Waals surface area contributed by atoms with Crippen LogP contribution in [0.5, 0.6) is 5.88 Å². The molecule has 0 bridgehead atoms. The summed E-state index contributed by atoms with van der Waals surface area (Å²) in [5.74, 6) is 0.564. The predicted octanol–water partition coefficient (Wildman–Crippen LogP) is 3.16. The second-order valence-electron chi connectivity index (χ2n) is 2.64. The van der Waals surface area contributed by atoms with Crippen LogP contribution >= 0.6 is 31.9 Å². The third kappa shape index (κ3) is 1.62. The number of hydrogen-bond acceptors (Lipinski definition) is 3. The van der Waals surface area contributed by atoms with Gasteiger partial charge in [-0.25, -0.2) is 4.98 Å². The molecule has 1 aromatic carbocycles. The van der Waals surface area contributed by atoms with Crippen molar-refractivity contribution in [1.82, 2.24) is 9.97 Å². The third-order valence-electron chi connectivity index (χ3n) is 1.81. The average Bonchev–Trinajstić information content (AvgIpc) is 2.16. The van der Waals surface area contributed by atoms with Gasteiger partial charge in [-0.3, -0.25) is 0 Å². The second kappa shape index (κ2) is 3.82. The summed E-state index contributed by atoms with van der Waals surface area (Å²) in [6.45, 7) is 0. The molecule has 0 radical (unpaired) electrons. The highest BCUT2D eigenvalue weighted by molar-refractivity contribution is 9.10. The standard InChI is InChI=1S/C9H6Br2N2O/c1-14-8-7-5(10)3-2-4-6(7)12-9(11)13-8/h2-4H,1H3. The zero-order valence-electron chi connectivity index (χ0n) is 7.29. The molecule has 0 unspecified atom stereocenters. The number of hydrogen-bond donors (Lipinski definition) is 0. The van der Waals surface area contributed by atoms with Crippen molar-refractivity contribution in [3.8, 4) is 5.88 Å². The van der Waals surface area contributed by atoms with Crippen molar-refractivity contribution in [1.29, 1.82) is 0 Å². The average molecular weight is 318 g/mol. The summed E-state index contributed by atoms with van der Waals surface area (Å²) in [7, 11) is 1.59. The largest absolute Gasteiger partial charge is 0.480 e. The van der Waals surface area contributed by atoms with Crippen LogP contribution in [0.25, 0.3) is 10.9 Å². The van der Waals surface area contributed by atoms with E-state index >= 15 is 0 Å². The molecule has 72 valence electrons. The fraction of sp³-hybridized carbons (Fsp3) is 0.111. The molecule has 0 aliphatic carbocycles. The molecule has 0 spiro atoms. The Morgan fingerprint density at radius 1 is 1.21 bits per heavy atom. The van der Waals surface area contributed by atoms with Crippen LogP contribution in [0.15, 0.2) is 27.4 Å². The summed E-state index contributed by atoms with van der Waals surface area (Å²) >= 11 is 6.67. The molecular weight excluding hydrogens is 312 g/mol. The zero-order valence-corrected chi connectivity index (χ0v) is 10.5. The number of benzene rings is 1. The van der Waals surface area contributed by atoms with E-state index in [1.807, 2.05) is 18.2 Å². The quantitative estimate of drug-likeness (QED) is 0.758. The molecule has 1 heterocycles. The van der Waals surface area contributed by atoms with Gasteiger partial charge in [0.25, 0.3) is 0 Å². The summed E-state index contributed by atoms with van der Waals surface area (Å²) in [6, 6.07) is 5.77. The topological polar surface area (TPSA) is 35.0 Å². The van der Waals surface area contributed by atoms with Crippen molar-refractivity contribution in [2.75, 3.05) is 7.11 Å². The highest BCUT2D eigenvalue weighted by atomic mass is 79.9. The molecule has 2 rings (SSSR count). The Hall–Kier alpha value is -0.680. The van der Waals surface area contributed by atoms with Gasteiger partial charge in [0.05, 0.1) is 18.0 Å². The fourth-order valence-corrected chi connectivity index (χ4v) is 2.11. The van der Waals surface area contributed by atoms with Gasteiger partial charge >= 0.3 is 0 Å². The lowest BCUT2D eigenvalue weighted by molar-refractivity contribution is 0.401. The van der Waals surface area contributed by atoms with Gasteiger partial charge in [0.1, 0.15) is 0 Å². The zero-order chi connectivity index (χ0) is 10.1. The van der Waals surface area contributed by atoms with Gasteiger partial charge in [0.2, 0.25) is 10.6 Å². The van der Waals surface area contributed by atoms with Crippen LogP contribution in [0.4, 0.5) is 0 Å². The lowest BCUT2D eigenvalue weighted by atomic mass is 10.2. The molecule has 2 aromatic rings. The van der Waals surface area contributed by atoms with Crippen LogP contribution in [-0.4, -0.2) is 17.1 Å². The van der Waals surface area contributed by atoms with Crippen LogP contribution in [0.1, 0.15) is 0 Å². The van der Waals surface area contributed by atoms with E-state index < -0.39 is 0 Å². The lowest BCUT2D eigenvalue weighted by Gasteiger charge is -2.05. The smallest absolute Gasteiger partial charge is 0.226 e. The molecule has 3 nitrogen and oxygen atoms in total. The first-order chi connectivity index (χ1) is 6.72. The number of methoxy groups -OCH3 is 1. The van der Waals surface area contributed by atoms with Crippen molar-refractivity contribution in [2.45, 2.75) is 0 Å². The van der Waals surface area contributed by atoms with Crippen LogP contribution in [0.2, 0.25) is 0 Å². The number of nitrogens with zero attached hydrogens (tertiary/aromatic N) is 2. The van der Waals surface area contributed by atoms with Gasteiger partial charge in [-0.2, -0.15) is 4.98 Å². The van der Waals surface area contributed by atoms with E-state index in [4.69, 9.17) is 4.74 Å². The van der Waals surface area contributed by atoms with Crippen molar-refractivity contribution >= 4 is 42.8 Å². The van der Waals surface area contributed by atoms with E-state index in [0.717, 1.165) is 15.4 Å². The predicted molar refractivity (Wildman–Crippen MR) is 61.5 cm³/mol. The fourth-order valence-electron chi connectivity index (χ4n) is 1.23. The van der Waals surface area contributed by atoms with E-state index in [-0.39, 0.29) is 0 Å². The molecule has 5 heteroatoms. The summed E-state index contributed by atoms with van der Waals surface area (Å²) in [5, 5.41) is 0.887. The first-order valence-corrected chi connectivity index (χ1v) is 5.46. The van der Waals surface area contributed by atoms with Gasteiger partial charge < -0.3 is 4.74 Å². The number of fused-ring (bicyclic) bond motifs is 1. The summed E-state index contributed by atoms with van der Waals surface area (Å²) in [5.41, 5.74) is 0.845. The van der Waals surface area contributed by atoms with E-state index in [0.29, 0.717) is 10.6 Å². The number of ether oxygens (including phenoxy) is 1. The van der Waals surface area contributed by atoms with E-state index in [1.54, 1.807) is 7.11 Å². The number of halogens is 2. The first-order valence-electron chi connectivity index (χ1n) is 3.88. The minimum Gasteiger partial charge on any atom is -0.480 e. The molecular formula is C9H6Br2N2O. The molecule has 0 saturated heterocycles. The Balaban J connectivity index is 2.88. The maximum Gasteiger partial charge on any atom is 0.226 e. The van der Waals surface area contributed by atoms with Gasteiger partial charge in [-0.1, -0.05) is 6.07 Å². The van der Waals surface area contributed by atoms with E-state index in [2.05, 4.69) is 41.8 Å². The Morgan fingerprint density at radius 2 is 2.00 bits per heavy atom. The highest BCUT2D eigenvalue weighted by Gasteiger charge is 2.09. The summed E-state index contributed by atoms with van der Waals surface area (Å²) in [6.07, 6.45) is 0. The molecule has 0 aliphatic rings. The Morgan fingerprint density at radius 3 is 2.71 bits per heavy atom. The van der Waals surface area contributed by atoms with Crippen molar-refractivity contribution < 1.29 is 4.74 Å². The minimum atomic E-state index is 0.528. The summed E-state index contributed by atoms with van der Waals surface area (Å²) in [4.78, 5) is 8.37. The third-order valence-corrected chi connectivity index (χ3v) is 2.82. The highest BCUT2D eigenvalue weighted by Crippen LogP contribution is 2.30. The lowest BCUT2D eigenvalue weighted by Crippen LogP contribution is -1.93. The van der Waals surface area contributed by atoms with Gasteiger partial charge in [0.15, 0.2) is 0 Å². The Bertz CT molecular complexity index is 487. The molecule has 14 heavy (non-hydrogen) atoms. The van der Waals surface area contributed by atoms with Crippen LogP contribution in [-0.2, 0) is 0 Å². The van der Waals surface area contributed by atoms with Crippen LogP contribution < -0.4 is 4.74 Å². The molecule has 0 aliphatic heterocycles. The van der Waals surface area contributed by atoms with E-state index in [9.17, 15) is 0 Å². The molecule has 0 atom stereocenters. The number of aromatic nitrogens is 2. The van der Waals surface area contributed by atoms with Crippen molar-refractivity contribution in [2.24, 2.45) is 0 Å². The number of rotatable bonds is 1.